The van der Waals surface area contributed by atoms with Gasteiger partial charge in [-0.15, -0.1) is 11.3 Å². The maximum absolute atomic E-state index is 6.42. The first-order chi connectivity index (χ1) is 10.1. The van der Waals surface area contributed by atoms with Crippen molar-refractivity contribution < 1.29 is 0 Å². The summed E-state index contributed by atoms with van der Waals surface area (Å²) < 4.78 is 2.24. The molecule has 0 radical (unpaired) electrons. The number of aromatic nitrogens is 2. The third kappa shape index (κ3) is 2.49. The van der Waals surface area contributed by atoms with Gasteiger partial charge in [0.05, 0.1) is 23.4 Å². The lowest BCUT2D eigenvalue weighted by Crippen LogP contribution is -2.31. The molecule has 0 aliphatic heterocycles. The Hall–Kier alpha value is -1.65. The average Bonchev–Trinajstić information content (AvgIpc) is 3.11. The predicted molar refractivity (Wildman–Crippen MR) is 89.9 cm³/mol. The summed E-state index contributed by atoms with van der Waals surface area (Å²) in [5, 5.41) is 2.11. The predicted octanol–water partition coefficient (Wildman–Crippen LogP) is 4.04. The molecule has 1 aromatic carbocycles. The third-order valence-electron chi connectivity index (χ3n) is 4.20. The number of thiophene rings is 1. The van der Waals surface area contributed by atoms with Crippen molar-refractivity contribution in [3.05, 3.63) is 52.0 Å². The van der Waals surface area contributed by atoms with E-state index in [-0.39, 0.29) is 12.1 Å². The van der Waals surface area contributed by atoms with Crippen LogP contribution in [0.3, 0.4) is 0 Å². The van der Waals surface area contributed by atoms with Crippen molar-refractivity contribution in [1.29, 1.82) is 0 Å². The second-order valence-electron chi connectivity index (χ2n) is 5.61. The van der Waals surface area contributed by atoms with E-state index in [0.717, 1.165) is 11.9 Å². The Morgan fingerprint density at radius 2 is 2.05 bits per heavy atom. The summed E-state index contributed by atoms with van der Waals surface area (Å²) in [4.78, 5) is 5.87. The van der Waals surface area contributed by atoms with Crippen LogP contribution in [0.1, 0.15) is 35.4 Å². The van der Waals surface area contributed by atoms with Crippen LogP contribution in [-0.4, -0.2) is 15.6 Å². The van der Waals surface area contributed by atoms with Crippen molar-refractivity contribution >= 4 is 22.4 Å². The third-order valence-corrected chi connectivity index (χ3v) is 5.14. The fourth-order valence-electron chi connectivity index (χ4n) is 2.74. The van der Waals surface area contributed by atoms with Crippen molar-refractivity contribution in [1.82, 2.24) is 9.55 Å². The van der Waals surface area contributed by atoms with Gasteiger partial charge >= 0.3 is 0 Å². The van der Waals surface area contributed by atoms with Crippen LogP contribution >= 0.6 is 11.3 Å². The minimum atomic E-state index is 0.0858. The smallest absolute Gasteiger partial charge is 0.0964 e. The molecule has 0 fully saturated rings. The molecule has 2 N–H and O–H groups in total. The highest BCUT2D eigenvalue weighted by atomic mass is 32.1. The van der Waals surface area contributed by atoms with Gasteiger partial charge in [0.25, 0.3) is 0 Å². The molecule has 110 valence electrons. The standard InChI is InChI=1S/C17H21N3S/c1-4-13(18)17(16-6-5-7-21-16)20-10-19-14-8-11(2)12(3)9-15(14)20/h5-10,13,17H,4,18H2,1-3H3. The molecule has 0 saturated carbocycles. The van der Waals surface area contributed by atoms with Gasteiger partial charge in [0, 0.05) is 10.9 Å². The van der Waals surface area contributed by atoms with Crippen LogP contribution in [0, 0.1) is 13.8 Å². The molecule has 4 heteroatoms. The first-order valence-corrected chi connectivity index (χ1v) is 8.22. The number of benzene rings is 1. The first-order valence-electron chi connectivity index (χ1n) is 7.34. The normalized spacial score (nSPS) is 14.5. The molecule has 0 bridgehead atoms. The molecule has 21 heavy (non-hydrogen) atoms. The molecule has 2 unspecified atom stereocenters. The van der Waals surface area contributed by atoms with E-state index < -0.39 is 0 Å². The first kappa shape index (κ1) is 14.3. The number of rotatable bonds is 4. The van der Waals surface area contributed by atoms with Gasteiger partial charge in [0.15, 0.2) is 0 Å². The highest BCUT2D eigenvalue weighted by molar-refractivity contribution is 7.10. The van der Waals surface area contributed by atoms with Crippen LogP contribution in [0.4, 0.5) is 0 Å². The van der Waals surface area contributed by atoms with Gasteiger partial charge in [-0.25, -0.2) is 4.98 Å². The Bertz CT molecular complexity index is 743. The fourth-order valence-corrected chi connectivity index (χ4v) is 3.64. The van der Waals surface area contributed by atoms with Gasteiger partial charge in [0.2, 0.25) is 0 Å². The molecule has 0 saturated heterocycles. The average molecular weight is 299 g/mol. The van der Waals surface area contributed by atoms with Crippen LogP contribution in [0.15, 0.2) is 36.0 Å². The van der Waals surface area contributed by atoms with Gasteiger partial charge in [-0.1, -0.05) is 13.0 Å². The molecular weight excluding hydrogens is 278 g/mol. The zero-order valence-electron chi connectivity index (χ0n) is 12.7. The van der Waals surface area contributed by atoms with Crippen molar-refractivity contribution in [3.8, 4) is 0 Å². The summed E-state index contributed by atoms with van der Waals surface area (Å²) in [7, 11) is 0. The number of hydrogen-bond donors (Lipinski definition) is 1. The highest BCUT2D eigenvalue weighted by Gasteiger charge is 2.23. The summed E-state index contributed by atoms with van der Waals surface area (Å²) in [6.07, 6.45) is 2.87. The monoisotopic (exact) mass is 299 g/mol. The number of imidazole rings is 1. The Kier molecular flexibility index (Phi) is 3.83. The number of fused-ring (bicyclic) bond motifs is 1. The summed E-state index contributed by atoms with van der Waals surface area (Å²) in [6.45, 7) is 6.41. The minimum Gasteiger partial charge on any atom is -0.326 e. The van der Waals surface area contributed by atoms with Crippen molar-refractivity contribution in [3.63, 3.8) is 0 Å². The molecule has 0 spiro atoms. The van der Waals surface area contributed by atoms with Crippen LogP contribution in [-0.2, 0) is 0 Å². The largest absolute Gasteiger partial charge is 0.326 e. The Morgan fingerprint density at radius 3 is 2.71 bits per heavy atom. The number of aryl methyl sites for hydroxylation is 2. The quantitative estimate of drug-likeness (QED) is 0.790. The lowest BCUT2D eigenvalue weighted by Gasteiger charge is -2.24. The highest BCUT2D eigenvalue weighted by Crippen LogP contribution is 2.30. The number of nitrogens with zero attached hydrogens (tertiary/aromatic N) is 2. The lowest BCUT2D eigenvalue weighted by atomic mass is 10.0. The van der Waals surface area contributed by atoms with E-state index in [4.69, 9.17) is 5.73 Å². The zero-order valence-corrected chi connectivity index (χ0v) is 13.5. The Morgan fingerprint density at radius 1 is 1.29 bits per heavy atom. The van der Waals surface area contributed by atoms with E-state index >= 15 is 0 Å². The van der Waals surface area contributed by atoms with Gasteiger partial charge in [-0.3, -0.25) is 0 Å². The molecular formula is C17H21N3S. The van der Waals surface area contributed by atoms with Crippen molar-refractivity contribution in [2.45, 2.75) is 39.3 Å². The second-order valence-corrected chi connectivity index (χ2v) is 6.59. The van der Waals surface area contributed by atoms with E-state index in [1.54, 1.807) is 11.3 Å². The molecule has 2 aromatic heterocycles. The number of nitrogens with two attached hydrogens (primary N) is 1. The van der Waals surface area contributed by atoms with Crippen LogP contribution in [0.2, 0.25) is 0 Å². The van der Waals surface area contributed by atoms with Gasteiger partial charge in [-0.2, -0.15) is 0 Å². The van der Waals surface area contributed by atoms with Gasteiger partial charge in [-0.05, 0) is 55.0 Å². The summed E-state index contributed by atoms with van der Waals surface area (Å²) in [5.41, 5.74) is 11.2. The molecule has 3 aromatic rings. The summed E-state index contributed by atoms with van der Waals surface area (Å²) in [5.74, 6) is 0. The summed E-state index contributed by atoms with van der Waals surface area (Å²) in [6, 6.07) is 8.87. The van der Waals surface area contributed by atoms with E-state index in [1.807, 2.05) is 6.33 Å². The SMILES string of the molecule is CCC(N)C(c1cccs1)n1cnc2cc(C)c(C)cc21. The van der Waals surface area contributed by atoms with Gasteiger partial charge < -0.3 is 10.3 Å². The van der Waals surface area contributed by atoms with Gasteiger partial charge in [0.1, 0.15) is 0 Å². The fraction of sp³-hybridized carbons (Fsp3) is 0.353. The van der Waals surface area contributed by atoms with E-state index in [2.05, 4.69) is 60.0 Å². The molecule has 0 aliphatic rings. The lowest BCUT2D eigenvalue weighted by molar-refractivity contribution is 0.474. The topological polar surface area (TPSA) is 43.8 Å². The van der Waals surface area contributed by atoms with E-state index in [9.17, 15) is 0 Å². The maximum atomic E-state index is 6.42. The van der Waals surface area contributed by atoms with Crippen molar-refractivity contribution in [2.75, 3.05) is 0 Å². The van der Waals surface area contributed by atoms with E-state index in [0.29, 0.717) is 0 Å². The molecule has 3 nitrogen and oxygen atoms in total. The molecule has 0 aliphatic carbocycles. The van der Waals surface area contributed by atoms with Crippen molar-refractivity contribution in [2.24, 2.45) is 5.73 Å². The van der Waals surface area contributed by atoms with Crippen LogP contribution < -0.4 is 5.73 Å². The van der Waals surface area contributed by atoms with Crippen LogP contribution in [0.25, 0.3) is 11.0 Å². The molecule has 0 amide bonds. The zero-order chi connectivity index (χ0) is 15.0. The second kappa shape index (κ2) is 5.62. The summed E-state index contributed by atoms with van der Waals surface area (Å²) >= 11 is 1.76. The molecule has 3 rings (SSSR count). The molecule has 2 atom stereocenters. The maximum Gasteiger partial charge on any atom is 0.0964 e. The van der Waals surface area contributed by atoms with Crippen LogP contribution in [0.5, 0.6) is 0 Å². The number of hydrogen-bond acceptors (Lipinski definition) is 3. The Labute approximate surface area is 129 Å². The van der Waals surface area contributed by atoms with E-state index in [1.165, 1.54) is 21.5 Å². The minimum absolute atomic E-state index is 0.0858. The Balaban J connectivity index is 2.18. The molecule has 2 heterocycles.